The summed E-state index contributed by atoms with van der Waals surface area (Å²) in [6.45, 7) is 8.55. The van der Waals surface area contributed by atoms with E-state index in [4.69, 9.17) is 9.05 Å². The molecular weight excluding hydrogens is 325 g/mol. The second-order valence-electron chi connectivity index (χ2n) is 5.78. The maximum Gasteiger partial charge on any atom is 0.361 e. The maximum atomic E-state index is 12.7. The van der Waals surface area contributed by atoms with Gasteiger partial charge in [-0.25, -0.2) is 0 Å². The Balaban J connectivity index is 1.86. The first-order valence-corrected chi connectivity index (χ1v) is 9.97. The van der Waals surface area contributed by atoms with Crippen molar-refractivity contribution < 1.29 is 18.4 Å². The standard InChI is InChI=1S/C18H26NO4P/c1-4-15-13-17(15)18(20)19-12-11-14-7-9-16(10-8-14)24(21,22-5-2)23-6-3/h4,7-10,15,17H,1,5-6,11-13H2,2-3H3,(H,19,20)/t15?,17-/m0/s1. The highest BCUT2D eigenvalue weighted by molar-refractivity contribution is 7.62. The molecule has 0 heterocycles. The molecule has 0 aromatic heterocycles. The highest BCUT2D eigenvalue weighted by Gasteiger charge is 2.40. The van der Waals surface area contributed by atoms with E-state index in [9.17, 15) is 9.36 Å². The number of hydrogen-bond acceptors (Lipinski definition) is 4. The zero-order valence-corrected chi connectivity index (χ0v) is 15.3. The third kappa shape index (κ3) is 4.79. The summed E-state index contributed by atoms with van der Waals surface area (Å²) >= 11 is 0. The Hall–Kier alpha value is -1.42. The molecule has 1 amide bonds. The van der Waals surface area contributed by atoms with Gasteiger partial charge < -0.3 is 14.4 Å². The third-order valence-corrected chi connectivity index (χ3v) is 6.17. The molecule has 1 fully saturated rings. The van der Waals surface area contributed by atoms with Crippen LogP contribution in [0.15, 0.2) is 36.9 Å². The summed E-state index contributed by atoms with van der Waals surface area (Å²) in [5, 5.41) is 3.51. The van der Waals surface area contributed by atoms with E-state index in [0.29, 0.717) is 31.0 Å². The fraction of sp³-hybridized carbons (Fsp3) is 0.500. The average molecular weight is 351 g/mol. The van der Waals surface area contributed by atoms with E-state index in [2.05, 4.69) is 11.9 Å². The van der Waals surface area contributed by atoms with Gasteiger partial charge in [0.1, 0.15) is 0 Å². The van der Waals surface area contributed by atoms with Crippen LogP contribution in [0.4, 0.5) is 0 Å². The van der Waals surface area contributed by atoms with Gasteiger partial charge >= 0.3 is 7.60 Å². The SMILES string of the molecule is C=CC1C[C@@H]1C(=O)NCCc1ccc(P(=O)(OCC)OCC)cc1. The van der Waals surface area contributed by atoms with Crippen molar-refractivity contribution in [2.24, 2.45) is 11.8 Å². The largest absolute Gasteiger partial charge is 0.361 e. The molecule has 5 nitrogen and oxygen atoms in total. The van der Waals surface area contributed by atoms with Crippen LogP contribution in [-0.2, 0) is 24.8 Å². The van der Waals surface area contributed by atoms with Gasteiger partial charge in [0.15, 0.2) is 0 Å². The predicted molar refractivity (Wildman–Crippen MR) is 95.4 cm³/mol. The van der Waals surface area contributed by atoms with Crippen LogP contribution >= 0.6 is 7.60 Å². The Labute approximate surface area is 144 Å². The topological polar surface area (TPSA) is 64.6 Å². The minimum absolute atomic E-state index is 0.105. The van der Waals surface area contributed by atoms with Crippen LogP contribution in [0, 0.1) is 11.8 Å². The maximum absolute atomic E-state index is 12.7. The molecule has 1 aromatic rings. The lowest BCUT2D eigenvalue weighted by atomic mass is 10.1. The van der Waals surface area contributed by atoms with Crippen LogP contribution in [0.1, 0.15) is 25.8 Å². The van der Waals surface area contributed by atoms with Crippen molar-refractivity contribution in [1.29, 1.82) is 0 Å². The lowest BCUT2D eigenvalue weighted by Gasteiger charge is -2.17. The van der Waals surface area contributed by atoms with Gasteiger partial charge in [-0.1, -0.05) is 18.2 Å². The molecule has 0 saturated heterocycles. The van der Waals surface area contributed by atoms with E-state index >= 15 is 0 Å². The smallest absolute Gasteiger partial charge is 0.356 e. The monoisotopic (exact) mass is 351 g/mol. The van der Waals surface area contributed by atoms with Gasteiger partial charge in [0, 0.05) is 12.5 Å². The first kappa shape index (κ1) is 18.9. The molecule has 6 heteroatoms. The molecule has 0 spiro atoms. The highest BCUT2D eigenvalue weighted by atomic mass is 31.2. The summed E-state index contributed by atoms with van der Waals surface area (Å²) in [5.74, 6) is 0.553. The summed E-state index contributed by atoms with van der Waals surface area (Å²) in [5.41, 5.74) is 1.06. The molecule has 0 aliphatic heterocycles. The molecular formula is C18H26NO4P. The first-order valence-electron chi connectivity index (χ1n) is 8.43. The lowest BCUT2D eigenvalue weighted by Crippen LogP contribution is -2.27. The number of carbonyl (C=O) groups is 1. The number of allylic oxidation sites excluding steroid dienone is 1. The lowest BCUT2D eigenvalue weighted by molar-refractivity contribution is -0.122. The fourth-order valence-electron chi connectivity index (χ4n) is 2.61. The predicted octanol–water partition coefficient (Wildman–Crippen LogP) is 3.06. The molecule has 0 bridgehead atoms. The van der Waals surface area contributed by atoms with Crippen molar-refractivity contribution in [1.82, 2.24) is 5.32 Å². The van der Waals surface area contributed by atoms with Crippen LogP contribution in [-0.4, -0.2) is 25.7 Å². The van der Waals surface area contributed by atoms with E-state index in [1.807, 2.05) is 18.2 Å². The van der Waals surface area contributed by atoms with Gasteiger partial charge in [-0.15, -0.1) is 6.58 Å². The van der Waals surface area contributed by atoms with Gasteiger partial charge in [0.05, 0.1) is 18.5 Å². The minimum atomic E-state index is -3.23. The Kier molecular flexibility index (Phi) is 6.79. The van der Waals surface area contributed by atoms with Gasteiger partial charge in [-0.3, -0.25) is 9.36 Å². The Bertz CT molecular complexity index is 604. The molecule has 2 rings (SSSR count). The quantitative estimate of drug-likeness (QED) is 0.520. The van der Waals surface area contributed by atoms with E-state index in [1.54, 1.807) is 26.0 Å². The van der Waals surface area contributed by atoms with Crippen molar-refractivity contribution in [2.75, 3.05) is 19.8 Å². The molecule has 24 heavy (non-hydrogen) atoms. The van der Waals surface area contributed by atoms with Crippen LogP contribution in [0.3, 0.4) is 0 Å². The van der Waals surface area contributed by atoms with Crippen LogP contribution < -0.4 is 10.6 Å². The Morgan fingerprint density at radius 2 is 1.92 bits per heavy atom. The summed E-state index contributed by atoms with van der Waals surface area (Å²) in [7, 11) is -3.23. The zero-order chi connectivity index (χ0) is 17.6. The summed E-state index contributed by atoms with van der Waals surface area (Å²) in [4.78, 5) is 11.9. The molecule has 1 unspecified atom stereocenters. The van der Waals surface area contributed by atoms with Crippen molar-refractivity contribution >= 4 is 18.8 Å². The highest BCUT2D eigenvalue weighted by Crippen LogP contribution is 2.46. The normalized spacial score (nSPS) is 19.8. The first-order chi connectivity index (χ1) is 11.5. The summed E-state index contributed by atoms with van der Waals surface area (Å²) in [6, 6.07) is 7.35. The molecule has 1 aliphatic rings. The van der Waals surface area contributed by atoms with Crippen molar-refractivity contribution in [3.8, 4) is 0 Å². The zero-order valence-electron chi connectivity index (χ0n) is 14.4. The number of carbonyl (C=O) groups excluding carboxylic acids is 1. The summed E-state index contributed by atoms with van der Waals surface area (Å²) < 4.78 is 23.3. The molecule has 1 saturated carbocycles. The molecule has 1 aromatic carbocycles. The van der Waals surface area contributed by atoms with Crippen molar-refractivity contribution in [3.63, 3.8) is 0 Å². The molecule has 132 valence electrons. The molecule has 1 aliphatic carbocycles. The van der Waals surface area contributed by atoms with Gasteiger partial charge in [-0.2, -0.15) is 0 Å². The Morgan fingerprint density at radius 3 is 2.42 bits per heavy atom. The Morgan fingerprint density at radius 1 is 1.29 bits per heavy atom. The van der Waals surface area contributed by atoms with Crippen molar-refractivity contribution in [3.05, 3.63) is 42.5 Å². The van der Waals surface area contributed by atoms with Gasteiger partial charge in [0.2, 0.25) is 5.91 Å². The van der Waals surface area contributed by atoms with E-state index in [1.165, 1.54) is 0 Å². The average Bonchev–Trinajstić information content (AvgIpc) is 3.35. The van der Waals surface area contributed by atoms with E-state index in [0.717, 1.165) is 18.4 Å². The summed E-state index contributed by atoms with van der Waals surface area (Å²) in [6.07, 6.45) is 3.48. The van der Waals surface area contributed by atoms with E-state index < -0.39 is 7.60 Å². The van der Waals surface area contributed by atoms with Gasteiger partial charge in [0.25, 0.3) is 0 Å². The molecule has 2 atom stereocenters. The molecule has 0 radical (unpaired) electrons. The van der Waals surface area contributed by atoms with Crippen molar-refractivity contribution in [2.45, 2.75) is 26.7 Å². The van der Waals surface area contributed by atoms with Crippen LogP contribution in [0.25, 0.3) is 0 Å². The number of hydrogen-bond donors (Lipinski definition) is 1. The fourth-order valence-corrected chi connectivity index (χ4v) is 4.18. The minimum Gasteiger partial charge on any atom is -0.356 e. The van der Waals surface area contributed by atoms with Crippen LogP contribution in [0.5, 0.6) is 0 Å². The number of amides is 1. The number of benzene rings is 1. The third-order valence-electron chi connectivity index (χ3n) is 4.04. The van der Waals surface area contributed by atoms with Crippen LogP contribution in [0.2, 0.25) is 0 Å². The van der Waals surface area contributed by atoms with E-state index in [-0.39, 0.29) is 11.8 Å². The second-order valence-corrected chi connectivity index (χ2v) is 7.81. The van der Waals surface area contributed by atoms with Gasteiger partial charge in [-0.05, 0) is 50.3 Å². The number of nitrogens with one attached hydrogen (secondary N) is 1. The molecule has 1 N–H and O–H groups in total. The number of rotatable bonds is 10. The second kappa shape index (κ2) is 8.61.